The van der Waals surface area contributed by atoms with Gasteiger partial charge in [-0.05, 0) is 74.7 Å². The topological polar surface area (TPSA) is 168 Å². The Bertz CT molecular complexity index is 1450. The first-order valence-electron chi connectivity index (χ1n) is 14.7. The normalized spacial score (nSPS) is 32.1. The van der Waals surface area contributed by atoms with Crippen molar-refractivity contribution < 1.29 is 34.8 Å². The Labute approximate surface area is 244 Å². The zero-order valence-electron chi connectivity index (χ0n) is 24.6. The quantitative estimate of drug-likeness (QED) is 0.331. The molecule has 2 amide bonds. The maximum atomic E-state index is 13.7. The molecule has 6 atom stereocenters. The number of rotatable bonds is 4. The van der Waals surface area contributed by atoms with Gasteiger partial charge in [0.15, 0.2) is 5.60 Å². The minimum atomic E-state index is -2.48. The van der Waals surface area contributed by atoms with Gasteiger partial charge in [-0.25, -0.2) is 0 Å². The SMILES string of the molecule is CN(C)c1cc(C(=O)N2CC3CCCC3C2)c(O)c2c1C[C@H]1C[C@H]3[C@H](N(C)C)C(O)=C(C(N)=O)C(=O)[C@@]3(O)C(O)=C1C2. The fraction of sp³-hybridized carbons (Fsp3) is 0.581. The number of benzene rings is 1. The number of aliphatic hydroxyl groups excluding tert-OH is 2. The summed E-state index contributed by atoms with van der Waals surface area (Å²) in [6, 6.07) is 0.806. The number of phenols is 1. The van der Waals surface area contributed by atoms with Crippen LogP contribution in [0.3, 0.4) is 0 Å². The van der Waals surface area contributed by atoms with Crippen molar-refractivity contribution in [1.82, 2.24) is 9.80 Å². The van der Waals surface area contributed by atoms with Crippen molar-refractivity contribution in [1.29, 1.82) is 0 Å². The first kappa shape index (κ1) is 28.5. The van der Waals surface area contributed by atoms with Crippen LogP contribution in [0.15, 0.2) is 28.7 Å². The van der Waals surface area contributed by atoms with Crippen molar-refractivity contribution in [3.63, 3.8) is 0 Å². The first-order valence-corrected chi connectivity index (χ1v) is 14.7. The number of carbonyl (C=O) groups excluding carboxylic acids is 3. The number of amides is 2. The Morgan fingerprint density at radius 3 is 2.26 bits per heavy atom. The molecule has 5 aliphatic rings. The van der Waals surface area contributed by atoms with Crippen molar-refractivity contribution in [3.05, 3.63) is 45.4 Å². The number of aromatic hydroxyl groups is 1. The molecule has 1 aromatic rings. The second kappa shape index (κ2) is 9.74. The van der Waals surface area contributed by atoms with Gasteiger partial charge in [0.1, 0.15) is 22.8 Å². The van der Waals surface area contributed by atoms with Gasteiger partial charge in [0, 0.05) is 50.8 Å². The Hall–Kier alpha value is -3.57. The average molecular weight is 581 g/mol. The highest BCUT2D eigenvalue weighted by Gasteiger charge is 2.62. The molecule has 6 rings (SSSR count). The van der Waals surface area contributed by atoms with E-state index in [9.17, 15) is 34.8 Å². The fourth-order valence-corrected chi connectivity index (χ4v) is 8.53. The Morgan fingerprint density at radius 2 is 1.69 bits per heavy atom. The Balaban J connectivity index is 1.45. The van der Waals surface area contributed by atoms with Crippen LogP contribution >= 0.6 is 0 Å². The van der Waals surface area contributed by atoms with E-state index in [0.29, 0.717) is 42.5 Å². The number of hydrogen-bond acceptors (Lipinski definition) is 9. The van der Waals surface area contributed by atoms with Crippen LogP contribution in [0.25, 0.3) is 0 Å². The molecule has 11 nitrogen and oxygen atoms in total. The lowest BCUT2D eigenvalue weighted by atomic mass is 9.58. The Morgan fingerprint density at radius 1 is 1.05 bits per heavy atom. The van der Waals surface area contributed by atoms with Gasteiger partial charge in [-0.3, -0.25) is 19.3 Å². The predicted molar refractivity (Wildman–Crippen MR) is 154 cm³/mol. The fourth-order valence-electron chi connectivity index (χ4n) is 8.53. The lowest BCUT2D eigenvalue weighted by Crippen LogP contribution is -2.63. The number of primary amides is 1. The average Bonchev–Trinajstić information content (AvgIpc) is 3.52. The van der Waals surface area contributed by atoms with Crippen LogP contribution in [-0.4, -0.2) is 101 Å². The third kappa shape index (κ3) is 3.89. The number of nitrogens with two attached hydrogens (primary N) is 1. The molecule has 1 saturated heterocycles. The summed E-state index contributed by atoms with van der Waals surface area (Å²) in [7, 11) is 7.05. The van der Waals surface area contributed by atoms with E-state index < -0.39 is 46.3 Å². The van der Waals surface area contributed by atoms with E-state index in [4.69, 9.17) is 5.73 Å². The smallest absolute Gasteiger partial charge is 0.257 e. The molecular formula is C31H40N4O7. The van der Waals surface area contributed by atoms with E-state index in [2.05, 4.69) is 0 Å². The molecule has 1 aliphatic heterocycles. The number of phenolic OH excluding ortho intramolecular Hbond substituents is 1. The van der Waals surface area contributed by atoms with Crippen LogP contribution in [0.4, 0.5) is 5.69 Å². The molecule has 0 bridgehead atoms. The van der Waals surface area contributed by atoms with E-state index >= 15 is 0 Å². The molecule has 1 aromatic carbocycles. The van der Waals surface area contributed by atoms with Crippen molar-refractivity contribution >= 4 is 23.3 Å². The third-order valence-corrected chi connectivity index (χ3v) is 10.6. The van der Waals surface area contributed by atoms with Gasteiger partial charge < -0.3 is 36.0 Å². The summed E-state index contributed by atoms with van der Waals surface area (Å²) in [4.78, 5) is 44.8. The van der Waals surface area contributed by atoms with Gasteiger partial charge in [0.05, 0.1) is 11.6 Å². The molecule has 2 unspecified atom stereocenters. The van der Waals surface area contributed by atoms with Crippen molar-refractivity contribution in [2.24, 2.45) is 29.4 Å². The summed E-state index contributed by atoms with van der Waals surface area (Å²) in [5.74, 6) is -4.06. The highest BCUT2D eigenvalue weighted by atomic mass is 16.3. The number of ketones is 1. The van der Waals surface area contributed by atoms with E-state index in [-0.39, 0.29) is 36.0 Å². The van der Waals surface area contributed by atoms with Gasteiger partial charge in [-0.15, -0.1) is 0 Å². The number of likely N-dealkylation sites (tertiary alicyclic amines) is 1. The number of hydrogen-bond donors (Lipinski definition) is 5. The second-order valence-corrected chi connectivity index (χ2v) is 13.2. The van der Waals surface area contributed by atoms with Gasteiger partial charge in [0.25, 0.3) is 11.8 Å². The van der Waals surface area contributed by atoms with Gasteiger partial charge in [-0.1, -0.05) is 6.42 Å². The first-order chi connectivity index (χ1) is 19.8. The number of Topliss-reactive ketones (excluding diaryl/α,β-unsaturated/α-hetero) is 1. The molecule has 11 heteroatoms. The third-order valence-electron chi connectivity index (χ3n) is 10.6. The number of allylic oxidation sites excluding steroid dienone is 1. The van der Waals surface area contributed by atoms with Crippen molar-refractivity contribution in [2.75, 3.05) is 46.2 Å². The number of likely N-dealkylation sites (N-methyl/N-ethyl adjacent to an activating group) is 1. The largest absolute Gasteiger partial charge is 0.510 e. The van der Waals surface area contributed by atoms with Gasteiger partial charge in [0.2, 0.25) is 5.78 Å². The molecule has 42 heavy (non-hydrogen) atoms. The number of fused-ring (bicyclic) bond motifs is 4. The van der Waals surface area contributed by atoms with E-state index in [1.165, 1.54) is 6.42 Å². The predicted octanol–water partition coefficient (Wildman–Crippen LogP) is 1.42. The van der Waals surface area contributed by atoms with E-state index in [1.54, 1.807) is 25.1 Å². The lowest BCUT2D eigenvalue weighted by Gasteiger charge is -2.50. The van der Waals surface area contributed by atoms with Crippen LogP contribution in [-0.2, 0) is 22.4 Å². The highest BCUT2D eigenvalue weighted by molar-refractivity contribution is 6.24. The molecule has 1 heterocycles. The molecule has 1 saturated carbocycles. The number of anilines is 1. The lowest BCUT2D eigenvalue weighted by molar-refractivity contribution is -0.148. The summed E-state index contributed by atoms with van der Waals surface area (Å²) in [5.41, 5.74) is 4.91. The number of carbonyl (C=O) groups is 3. The van der Waals surface area contributed by atoms with Gasteiger partial charge in [-0.2, -0.15) is 0 Å². The molecule has 0 spiro atoms. The minimum Gasteiger partial charge on any atom is -0.510 e. The summed E-state index contributed by atoms with van der Waals surface area (Å²) in [6.45, 7) is 1.36. The molecule has 0 aromatic heterocycles. The summed E-state index contributed by atoms with van der Waals surface area (Å²) in [5, 5.41) is 46.0. The van der Waals surface area contributed by atoms with Crippen molar-refractivity contribution in [2.45, 2.75) is 50.2 Å². The summed E-state index contributed by atoms with van der Waals surface area (Å²) >= 11 is 0. The molecule has 226 valence electrons. The number of aliphatic hydroxyl groups is 3. The van der Waals surface area contributed by atoms with E-state index in [0.717, 1.165) is 24.1 Å². The zero-order valence-corrected chi connectivity index (χ0v) is 24.6. The number of nitrogens with zero attached hydrogens (tertiary/aromatic N) is 3. The zero-order chi connectivity index (χ0) is 30.4. The molecule has 6 N–H and O–H groups in total. The highest BCUT2D eigenvalue weighted by Crippen LogP contribution is 2.53. The molecule has 2 fully saturated rings. The maximum Gasteiger partial charge on any atom is 0.257 e. The van der Waals surface area contributed by atoms with Crippen LogP contribution in [0.2, 0.25) is 0 Å². The monoisotopic (exact) mass is 580 g/mol. The van der Waals surface area contributed by atoms with Crippen molar-refractivity contribution in [3.8, 4) is 5.75 Å². The van der Waals surface area contributed by atoms with E-state index in [1.807, 2.05) is 23.9 Å². The standard InChI is InChI=1S/C31H40N4O7/c1-33(2)22-11-20(30(41)35-12-14-6-5-7-15(14)13-35)25(36)19-10-17-16(8-18(19)22)9-21-24(34(3)4)26(37)23(29(32)40)28(39)31(21,42)27(17)38/h11,14-16,21,24,36-38,42H,5-10,12-13H2,1-4H3,(H2,32,40)/t14?,15?,16-,21-,24-,31-/m0/s1. The maximum absolute atomic E-state index is 13.7. The van der Waals surface area contributed by atoms with Crippen LogP contribution in [0.5, 0.6) is 5.75 Å². The van der Waals surface area contributed by atoms with Crippen LogP contribution in [0.1, 0.15) is 47.2 Å². The van der Waals surface area contributed by atoms with Gasteiger partial charge >= 0.3 is 0 Å². The summed E-state index contributed by atoms with van der Waals surface area (Å²) < 4.78 is 0. The molecular weight excluding hydrogens is 540 g/mol. The minimum absolute atomic E-state index is 0.0153. The van der Waals surface area contributed by atoms with Crippen LogP contribution < -0.4 is 10.6 Å². The summed E-state index contributed by atoms with van der Waals surface area (Å²) in [6.07, 6.45) is 4.04. The Kier molecular flexibility index (Phi) is 6.62. The van der Waals surface area contributed by atoms with Crippen LogP contribution in [0, 0.1) is 23.7 Å². The second-order valence-electron chi connectivity index (χ2n) is 13.2. The molecule has 4 aliphatic carbocycles. The molecule has 0 radical (unpaired) electrons.